The number of rotatable bonds is 1. The van der Waals surface area contributed by atoms with Crippen molar-refractivity contribution in [3.05, 3.63) is 11.1 Å². The molecule has 2 N–H and O–H groups in total. The molecule has 0 amide bonds. The minimum atomic E-state index is -4.54. The molecular formula is C10H17AsO3. The first kappa shape index (κ1) is 10.5. The molecule has 0 spiro atoms. The maximum atomic E-state index is 11.3. The molecule has 2 unspecified atom stereocenters. The van der Waals surface area contributed by atoms with Crippen LogP contribution in [0.3, 0.4) is 0 Å². The van der Waals surface area contributed by atoms with E-state index in [4.69, 9.17) is 0 Å². The summed E-state index contributed by atoms with van der Waals surface area (Å²) >= 11 is -4.54. The Hall–Kier alpha value is 0.0184. The topological polar surface area (TPSA) is 57.5 Å². The Kier molecular flexibility index (Phi) is 2.09. The van der Waals surface area contributed by atoms with E-state index in [0.717, 1.165) is 12.0 Å². The summed E-state index contributed by atoms with van der Waals surface area (Å²) in [6, 6.07) is 0. The van der Waals surface area contributed by atoms with Crippen molar-refractivity contribution in [2.75, 3.05) is 0 Å². The maximum absolute atomic E-state index is 11.3. The van der Waals surface area contributed by atoms with Crippen LogP contribution in [0.15, 0.2) is 11.1 Å². The summed E-state index contributed by atoms with van der Waals surface area (Å²) < 4.78 is 29.4. The summed E-state index contributed by atoms with van der Waals surface area (Å²) in [4.78, 5) is 0. The molecule has 0 aromatic carbocycles. The molecule has 80 valence electrons. The van der Waals surface area contributed by atoms with Gasteiger partial charge in [0.25, 0.3) is 0 Å². The first-order valence-corrected chi connectivity index (χ1v) is 8.52. The van der Waals surface area contributed by atoms with E-state index in [-0.39, 0.29) is 5.41 Å². The molecule has 3 aliphatic carbocycles. The molecular weight excluding hydrogens is 243 g/mol. The Labute approximate surface area is 87.2 Å². The van der Waals surface area contributed by atoms with E-state index in [1.807, 2.05) is 6.92 Å². The van der Waals surface area contributed by atoms with Crippen LogP contribution in [-0.4, -0.2) is 22.4 Å². The second-order valence-electron chi connectivity index (χ2n) is 5.12. The van der Waals surface area contributed by atoms with Gasteiger partial charge >= 0.3 is 86.9 Å². The van der Waals surface area contributed by atoms with Crippen LogP contribution in [-0.2, 0) is 3.74 Å². The Bertz CT molecular complexity index is 350. The molecule has 1 saturated carbocycles. The Morgan fingerprint density at radius 3 is 2.36 bits per heavy atom. The van der Waals surface area contributed by atoms with Crippen molar-refractivity contribution in [2.24, 2.45) is 11.3 Å². The summed E-state index contributed by atoms with van der Waals surface area (Å²) in [6.07, 6.45) is 1.75. The quantitative estimate of drug-likeness (QED) is 0.554. The van der Waals surface area contributed by atoms with E-state index < -0.39 is 18.9 Å². The fourth-order valence-corrected chi connectivity index (χ4v) is 5.46. The molecule has 14 heavy (non-hydrogen) atoms. The third-order valence-corrected chi connectivity index (χ3v) is 7.10. The third kappa shape index (κ3) is 1.26. The predicted octanol–water partition coefficient (Wildman–Crippen LogP) is 1.48. The summed E-state index contributed by atoms with van der Waals surface area (Å²) in [5, 5.41) is 0. The van der Waals surface area contributed by atoms with Gasteiger partial charge in [-0.15, -0.1) is 0 Å². The van der Waals surface area contributed by atoms with E-state index in [1.165, 1.54) is 5.57 Å². The van der Waals surface area contributed by atoms with Crippen LogP contribution in [0.2, 0.25) is 4.71 Å². The van der Waals surface area contributed by atoms with Crippen LogP contribution in [0.4, 0.5) is 0 Å². The number of hydrogen-bond acceptors (Lipinski definition) is 1. The fourth-order valence-electron chi connectivity index (χ4n) is 2.96. The van der Waals surface area contributed by atoms with Gasteiger partial charge in [-0.1, -0.05) is 0 Å². The molecule has 3 nitrogen and oxygen atoms in total. The van der Waals surface area contributed by atoms with Crippen molar-refractivity contribution >= 4 is 14.2 Å². The second-order valence-corrected chi connectivity index (χ2v) is 8.90. The van der Waals surface area contributed by atoms with Crippen molar-refractivity contribution in [2.45, 2.75) is 38.3 Å². The predicted molar refractivity (Wildman–Crippen MR) is 53.8 cm³/mol. The van der Waals surface area contributed by atoms with Gasteiger partial charge in [0, 0.05) is 0 Å². The van der Waals surface area contributed by atoms with E-state index in [1.54, 1.807) is 0 Å². The zero-order valence-electron chi connectivity index (χ0n) is 8.82. The van der Waals surface area contributed by atoms with Crippen LogP contribution >= 0.6 is 0 Å². The molecule has 0 aliphatic heterocycles. The van der Waals surface area contributed by atoms with Crippen LogP contribution in [0.5, 0.6) is 0 Å². The number of allylic oxidation sites excluding steroid dienone is 2. The molecule has 1 fully saturated rings. The van der Waals surface area contributed by atoms with Gasteiger partial charge in [-0.3, -0.25) is 0 Å². The fraction of sp³-hybridized carbons (Fsp3) is 0.800. The van der Waals surface area contributed by atoms with Gasteiger partial charge in [0.1, 0.15) is 0 Å². The molecule has 0 radical (unpaired) electrons. The zero-order valence-corrected chi connectivity index (χ0v) is 10.7. The SMILES string of the molecule is CC1=C2CC(CC1[As](=O)(O)O)C2(C)C. The van der Waals surface area contributed by atoms with Gasteiger partial charge in [-0.2, -0.15) is 0 Å². The molecule has 0 saturated heterocycles. The Balaban J connectivity index is 2.40. The summed E-state index contributed by atoms with van der Waals surface area (Å²) in [6.45, 7) is 6.27. The van der Waals surface area contributed by atoms with Gasteiger partial charge in [0.15, 0.2) is 0 Å². The van der Waals surface area contributed by atoms with Crippen LogP contribution < -0.4 is 0 Å². The molecule has 3 rings (SSSR count). The first-order chi connectivity index (χ1) is 6.24. The Morgan fingerprint density at radius 1 is 1.43 bits per heavy atom. The molecule has 0 heterocycles. The van der Waals surface area contributed by atoms with E-state index in [2.05, 4.69) is 13.8 Å². The number of fused-ring (bicyclic) bond motifs is 2. The molecule has 3 aliphatic rings. The van der Waals surface area contributed by atoms with Crippen LogP contribution in [0.1, 0.15) is 33.6 Å². The van der Waals surface area contributed by atoms with Gasteiger partial charge in [-0.05, 0) is 0 Å². The van der Waals surface area contributed by atoms with Crippen molar-refractivity contribution in [3.63, 3.8) is 0 Å². The molecule has 0 aromatic heterocycles. The van der Waals surface area contributed by atoms with Crippen molar-refractivity contribution in [1.82, 2.24) is 0 Å². The van der Waals surface area contributed by atoms with E-state index in [0.29, 0.717) is 12.3 Å². The summed E-state index contributed by atoms with van der Waals surface area (Å²) in [5.41, 5.74) is 2.47. The molecule has 0 aromatic rings. The Morgan fingerprint density at radius 2 is 2.00 bits per heavy atom. The first-order valence-electron chi connectivity index (χ1n) is 5.00. The molecule has 2 atom stereocenters. The monoisotopic (exact) mass is 260 g/mol. The van der Waals surface area contributed by atoms with Crippen LogP contribution in [0.25, 0.3) is 0 Å². The normalized spacial score (nSPS) is 35.5. The third-order valence-electron chi connectivity index (χ3n) is 4.14. The molecule has 4 heteroatoms. The van der Waals surface area contributed by atoms with Gasteiger partial charge in [0.2, 0.25) is 0 Å². The standard InChI is InChI=1S/C10H17AsO3/c1-6-8-4-7(10(8,2)3)5-9(6)11(12,13)14/h7,9H,4-5H2,1-3H3,(H2,12,13,14). The van der Waals surface area contributed by atoms with Gasteiger partial charge < -0.3 is 0 Å². The van der Waals surface area contributed by atoms with E-state index >= 15 is 0 Å². The van der Waals surface area contributed by atoms with Crippen LogP contribution in [0, 0.1) is 11.3 Å². The van der Waals surface area contributed by atoms with Crippen molar-refractivity contribution in [3.8, 4) is 0 Å². The van der Waals surface area contributed by atoms with Gasteiger partial charge in [-0.25, -0.2) is 0 Å². The summed E-state index contributed by atoms with van der Waals surface area (Å²) in [5.74, 6) is 0.486. The minimum absolute atomic E-state index is 0.200. The number of hydrogen-bond donors (Lipinski definition) is 2. The van der Waals surface area contributed by atoms with Crippen molar-refractivity contribution < 1.29 is 11.9 Å². The average Bonchev–Trinajstić information content (AvgIpc) is 2.01. The molecule has 2 bridgehead atoms. The second kappa shape index (κ2) is 2.78. The summed E-state index contributed by atoms with van der Waals surface area (Å²) in [7, 11) is 0. The zero-order chi connectivity index (χ0) is 10.7. The van der Waals surface area contributed by atoms with Crippen molar-refractivity contribution in [1.29, 1.82) is 0 Å². The van der Waals surface area contributed by atoms with E-state index in [9.17, 15) is 11.9 Å². The average molecular weight is 260 g/mol. The van der Waals surface area contributed by atoms with Gasteiger partial charge in [0.05, 0.1) is 0 Å².